The van der Waals surface area contributed by atoms with Crippen molar-refractivity contribution in [3.05, 3.63) is 95.1 Å². The summed E-state index contributed by atoms with van der Waals surface area (Å²) in [6, 6.07) is 27.9. The normalized spacial score (nSPS) is 17.7. The van der Waals surface area contributed by atoms with Crippen LogP contribution in [0.3, 0.4) is 0 Å². The van der Waals surface area contributed by atoms with E-state index < -0.39 is 0 Å². The lowest BCUT2D eigenvalue weighted by Crippen LogP contribution is -2.15. The number of aryl methyl sites for hydroxylation is 4. The third kappa shape index (κ3) is 9.17. The third-order valence-corrected chi connectivity index (χ3v) is 8.81. The Morgan fingerprint density at radius 2 is 0.838 bits per heavy atom. The SMILES string of the molecule is CCCCCc1ccc(-c2ccc(CCc3ccc(CC[C@H]4CC[C@H](CCCC)CC4)cc3)cc2)cc1. The monoisotopic (exact) mass is 494 g/mol. The van der Waals surface area contributed by atoms with Gasteiger partial charge in [0.2, 0.25) is 0 Å². The Morgan fingerprint density at radius 3 is 1.32 bits per heavy atom. The molecule has 1 aliphatic rings. The predicted molar refractivity (Wildman–Crippen MR) is 162 cm³/mol. The quantitative estimate of drug-likeness (QED) is 0.195. The average molecular weight is 495 g/mol. The molecule has 1 fully saturated rings. The number of unbranched alkanes of at least 4 members (excludes halogenated alkanes) is 3. The Balaban J connectivity index is 1.18. The molecule has 3 aromatic carbocycles. The maximum atomic E-state index is 2.39. The molecule has 1 aliphatic carbocycles. The fourth-order valence-electron chi connectivity index (χ4n) is 6.14. The minimum Gasteiger partial charge on any atom is -0.0654 e. The molecule has 3 aromatic rings. The summed E-state index contributed by atoms with van der Waals surface area (Å²) in [6.07, 6.45) is 20.1. The van der Waals surface area contributed by atoms with Gasteiger partial charge in [0, 0.05) is 0 Å². The summed E-state index contributed by atoms with van der Waals surface area (Å²) < 4.78 is 0. The van der Waals surface area contributed by atoms with E-state index >= 15 is 0 Å². The van der Waals surface area contributed by atoms with E-state index in [9.17, 15) is 0 Å². The number of benzene rings is 3. The van der Waals surface area contributed by atoms with Crippen molar-refractivity contribution in [1.29, 1.82) is 0 Å². The second kappa shape index (κ2) is 15.2. The van der Waals surface area contributed by atoms with Crippen LogP contribution in [0.1, 0.15) is 107 Å². The second-order valence-electron chi connectivity index (χ2n) is 11.7. The van der Waals surface area contributed by atoms with Gasteiger partial charge >= 0.3 is 0 Å². The first-order valence-corrected chi connectivity index (χ1v) is 15.5. The lowest BCUT2D eigenvalue weighted by molar-refractivity contribution is 0.250. The van der Waals surface area contributed by atoms with Gasteiger partial charge in [-0.1, -0.05) is 144 Å². The van der Waals surface area contributed by atoms with Crippen LogP contribution in [-0.4, -0.2) is 0 Å². The maximum Gasteiger partial charge on any atom is -0.0184 e. The van der Waals surface area contributed by atoms with Gasteiger partial charge in [0.1, 0.15) is 0 Å². The Labute approximate surface area is 227 Å². The molecule has 0 aromatic heterocycles. The summed E-state index contributed by atoms with van der Waals surface area (Å²) in [6.45, 7) is 4.59. The maximum absolute atomic E-state index is 2.39. The van der Waals surface area contributed by atoms with Gasteiger partial charge in [-0.3, -0.25) is 0 Å². The first-order chi connectivity index (χ1) is 18.2. The molecule has 0 heterocycles. The number of hydrogen-bond acceptors (Lipinski definition) is 0. The summed E-state index contributed by atoms with van der Waals surface area (Å²) in [4.78, 5) is 0. The largest absolute Gasteiger partial charge is 0.0654 e. The fraction of sp³-hybridized carbons (Fsp3) is 0.514. The van der Waals surface area contributed by atoms with Crippen LogP contribution in [0.15, 0.2) is 72.8 Å². The van der Waals surface area contributed by atoms with Crippen molar-refractivity contribution >= 4 is 0 Å². The molecule has 0 spiro atoms. The molecule has 4 rings (SSSR count). The Bertz CT molecular complexity index is 1000. The van der Waals surface area contributed by atoms with Crippen molar-refractivity contribution in [2.75, 3.05) is 0 Å². The highest BCUT2D eigenvalue weighted by Crippen LogP contribution is 2.34. The molecule has 0 unspecified atom stereocenters. The lowest BCUT2D eigenvalue weighted by atomic mass is 9.78. The third-order valence-electron chi connectivity index (χ3n) is 8.81. The molecule has 198 valence electrons. The molecule has 0 heteroatoms. The van der Waals surface area contributed by atoms with E-state index in [1.165, 1.54) is 117 Å². The predicted octanol–water partition coefficient (Wildman–Crippen LogP) is 10.8. The number of rotatable bonds is 14. The van der Waals surface area contributed by atoms with Crippen molar-refractivity contribution in [3.8, 4) is 11.1 Å². The highest BCUT2D eigenvalue weighted by Gasteiger charge is 2.20. The van der Waals surface area contributed by atoms with Crippen molar-refractivity contribution in [1.82, 2.24) is 0 Å². The van der Waals surface area contributed by atoms with Gasteiger partial charge in [0.15, 0.2) is 0 Å². The van der Waals surface area contributed by atoms with Crippen LogP contribution in [0.25, 0.3) is 11.1 Å². The van der Waals surface area contributed by atoms with Gasteiger partial charge in [-0.05, 0) is 83.7 Å². The molecule has 1 saturated carbocycles. The van der Waals surface area contributed by atoms with Crippen LogP contribution in [0.4, 0.5) is 0 Å². The smallest absolute Gasteiger partial charge is 0.0184 e. The molecule has 0 bridgehead atoms. The first-order valence-electron chi connectivity index (χ1n) is 15.5. The van der Waals surface area contributed by atoms with Crippen molar-refractivity contribution in [2.24, 2.45) is 11.8 Å². The van der Waals surface area contributed by atoms with Gasteiger partial charge in [-0.15, -0.1) is 0 Å². The van der Waals surface area contributed by atoms with E-state index in [0.717, 1.165) is 24.7 Å². The molecule has 0 N–H and O–H groups in total. The van der Waals surface area contributed by atoms with E-state index in [-0.39, 0.29) is 0 Å². The molecular formula is C37H50. The molecule has 0 atom stereocenters. The fourth-order valence-corrected chi connectivity index (χ4v) is 6.14. The van der Waals surface area contributed by atoms with E-state index in [1.54, 1.807) is 0 Å². The van der Waals surface area contributed by atoms with Gasteiger partial charge in [-0.25, -0.2) is 0 Å². The van der Waals surface area contributed by atoms with Crippen LogP contribution in [0, 0.1) is 11.8 Å². The van der Waals surface area contributed by atoms with Crippen LogP contribution in [-0.2, 0) is 25.7 Å². The Hall–Kier alpha value is -2.34. The summed E-state index contributed by atoms with van der Waals surface area (Å²) in [5.41, 5.74) is 8.53. The van der Waals surface area contributed by atoms with Gasteiger partial charge in [-0.2, -0.15) is 0 Å². The Morgan fingerprint density at radius 1 is 0.432 bits per heavy atom. The minimum atomic E-state index is 0.962. The molecular weight excluding hydrogens is 444 g/mol. The number of hydrogen-bond donors (Lipinski definition) is 0. The van der Waals surface area contributed by atoms with Crippen LogP contribution >= 0.6 is 0 Å². The molecule has 0 aliphatic heterocycles. The van der Waals surface area contributed by atoms with Gasteiger partial charge in [0.05, 0.1) is 0 Å². The zero-order chi connectivity index (χ0) is 25.7. The molecule has 37 heavy (non-hydrogen) atoms. The minimum absolute atomic E-state index is 0.962. The second-order valence-corrected chi connectivity index (χ2v) is 11.7. The molecule has 0 amide bonds. The standard InChI is InChI=1S/C37H50/c1-3-5-7-9-31-22-26-36(27-23-31)37-28-24-35(25-29-37)21-20-34-18-16-33(17-19-34)15-14-32-12-10-30(11-13-32)8-6-4-2/h16-19,22-30,32H,3-15,20-21H2,1-2H3/t30-,32-. The van der Waals surface area contributed by atoms with Crippen molar-refractivity contribution < 1.29 is 0 Å². The van der Waals surface area contributed by atoms with E-state index in [4.69, 9.17) is 0 Å². The zero-order valence-corrected chi connectivity index (χ0v) is 23.7. The summed E-state index contributed by atoms with van der Waals surface area (Å²) in [7, 11) is 0. The molecule has 0 saturated heterocycles. The lowest BCUT2D eigenvalue weighted by Gasteiger charge is -2.28. The summed E-state index contributed by atoms with van der Waals surface area (Å²) >= 11 is 0. The Kier molecular flexibility index (Phi) is 11.3. The van der Waals surface area contributed by atoms with E-state index in [0.29, 0.717) is 0 Å². The van der Waals surface area contributed by atoms with Gasteiger partial charge in [0.25, 0.3) is 0 Å². The average Bonchev–Trinajstić information content (AvgIpc) is 2.96. The molecule has 0 nitrogen and oxygen atoms in total. The molecule has 0 radical (unpaired) electrons. The topological polar surface area (TPSA) is 0 Å². The van der Waals surface area contributed by atoms with Crippen molar-refractivity contribution in [3.63, 3.8) is 0 Å². The first kappa shape index (κ1) is 27.7. The van der Waals surface area contributed by atoms with Crippen LogP contribution < -0.4 is 0 Å². The highest BCUT2D eigenvalue weighted by atomic mass is 14.3. The van der Waals surface area contributed by atoms with E-state index in [2.05, 4.69) is 86.6 Å². The van der Waals surface area contributed by atoms with E-state index in [1.807, 2.05) is 0 Å². The van der Waals surface area contributed by atoms with Crippen LogP contribution in [0.5, 0.6) is 0 Å². The van der Waals surface area contributed by atoms with Crippen LogP contribution in [0.2, 0.25) is 0 Å². The van der Waals surface area contributed by atoms with Gasteiger partial charge < -0.3 is 0 Å². The highest BCUT2D eigenvalue weighted by molar-refractivity contribution is 5.64. The van der Waals surface area contributed by atoms with Crippen molar-refractivity contribution in [2.45, 2.75) is 110 Å². The summed E-state index contributed by atoms with van der Waals surface area (Å²) in [5.74, 6) is 1.99. The zero-order valence-electron chi connectivity index (χ0n) is 23.7. The summed E-state index contributed by atoms with van der Waals surface area (Å²) in [5, 5.41) is 0.